The van der Waals surface area contributed by atoms with Crippen LogP contribution in [0.4, 0.5) is 5.69 Å². The molecule has 94 valence electrons. The van der Waals surface area contributed by atoms with Crippen LogP contribution in [0.15, 0.2) is 18.2 Å². The first-order chi connectivity index (χ1) is 8.16. The lowest BCUT2D eigenvalue weighted by Crippen LogP contribution is -2.36. The average Bonchev–Trinajstić information content (AvgIpc) is 2.29. The smallest absolute Gasteiger partial charge is 0.143 e. The Hall–Kier alpha value is -1.22. The topological polar surface area (TPSA) is 21.7 Å². The maximum Gasteiger partial charge on any atom is 0.143 e. The quantitative estimate of drug-likeness (QED) is 0.804. The molecule has 1 aromatic carbocycles. The highest BCUT2D eigenvalue weighted by atomic mass is 16.5. The van der Waals surface area contributed by atoms with Gasteiger partial charge in [-0.1, -0.05) is 6.07 Å². The van der Waals surface area contributed by atoms with E-state index in [1.54, 1.807) is 0 Å². The largest absolute Gasteiger partial charge is 0.489 e. The summed E-state index contributed by atoms with van der Waals surface area (Å²) < 4.78 is 11.3. The molecule has 0 aromatic heterocycles. The molecule has 1 heterocycles. The molecule has 0 bridgehead atoms. The molecular weight excluding hydrogens is 214 g/mol. The minimum atomic E-state index is 0.205. The van der Waals surface area contributed by atoms with Crippen molar-refractivity contribution in [3.63, 3.8) is 0 Å². The summed E-state index contributed by atoms with van der Waals surface area (Å²) in [7, 11) is 0. The van der Waals surface area contributed by atoms with Crippen LogP contribution >= 0.6 is 0 Å². The normalized spacial score (nSPS) is 16.4. The first-order valence-corrected chi connectivity index (χ1v) is 6.27. The van der Waals surface area contributed by atoms with Crippen LogP contribution in [0.3, 0.4) is 0 Å². The molecule has 17 heavy (non-hydrogen) atoms. The number of anilines is 1. The van der Waals surface area contributed by atoms with Crippen LogP contribution in [0, 0.1) is 6.92 Å². The summed E-state index contributed by atoms with van der Waals surface area (Å²) in [5, 5.41) is 0. The highest BCUT2D eigenvalue weighted by Gasteiger charge is 2.16. The van der Waals surface area contributed by atoms with Gasteiger partial charge in [0.15, 0.2) is 0 Å². The first-order valence-electron chi connectivity index (χ1n) is 6.27. The first kappa shape index (κ1) is 12.2. The molecule has 1 aromatic rings. The SMILES string of the molecule is Cc1ccc(N2CCOCC2)c(OC(C)C)c1. The Morgan fingerprint density at radius 2 is 1.94 bits per heavy atom. The third-order valence-corrected chi connectivity index (χ3v) is 2.83. The van der Waals surface area contributed by atoms with E-state index in [4.69, 9.17) is 9.47 Å². The lowest BCUT2D eigenvalue weighted by molar-refractivity contribution is 0.122. The standard InChI is InChI=1S/C14H21NO2/c1-11(2)17-14-10-12(3)4-5-13(14)15-6-8-16-9-7-15/h4-5,10-11H,6-9H2,1-3H3. The Bertz CT molecular complexity index is 370. The van der Waals surface area contributed by atoms with Crippen LogP contribution in [0.2, 0.25) is 0 Å². The number of benzene rings is 1. The summed E-state index contributed by atoms with van der Waals surface area (Å²) in [5.41, 5.74) is 2.42. The van der Waals surface area contributed by atoms with E-state index in [2.05, 4.69) is 43.9 Å². The van der Waals surface area contributed by atoms with Gasteiger partial charge in [0.1, 0.15) is 5.75 Å². The zero-order chi connectivity index (χ0) is 12.3. The Balaban J connectivity index is 2.24. The summed E-state index contributed by atoms with van der Waals surface area (Å²) in [4.78, 5) is 2.33. The number of hydrogen-bond donors (Lipinski definition) is 0. The summed E-state index contributed by atoms with van der Waals surface area (Å²) in [6.07, 6.45) is 0.205. The minimum absolute atomic E-state index is 0.205. The fourth-order valence-corrected chi connectivity index (χ4v) is 2.04. The Labute approximate surface area is 103 Å². The molecular formula is C14H21NO2. The van der Waals surface area contributed by atoms with Crippen molar-refractivity contribution in [2.45, 2.75) is 26.9 Å². The number of aryl methyl sites for hydroxylation is 1. The lowest BCUT2D eigenvalue weighted by Gasteiger charge is -2.30. The van der Waals surface area contributed by atoms with Gasteiger partial charge in [-0.3, -0.25) is 0 Å². The second kappa shape index (κ2) is 5.41. The van der Waals surface area contributed by atoms with E-state index in [1.807, 2.05) is 0 Å². The van der Waals surface area contributed by atoms with Crippen molar-refractivity contribution in [1.29, 1.82) is 0 Å². The molecule has 1 fully saturated rings. The Morgan fingerprint density at radius 1 is 1.24 bits per heavy atom. The minimum Gasteiger partial charge on any atom is -0.489 e. The predicted molar refractivity (Wildman–Crippen MR) is 70.0 cm³/mol. The third-order valence-electron chi connectivity index (χ3n) is 2.83. The van der Waals surface area contributed by atoms with Crippen molar-refractivity contribution in [3.8, 4) is 5.75 Å². The molecule has 0 spiro atoms. The van der Waals surface area contributed by atoms with Crippen molar-refractivity contribution >= 4 is 5.69 Å². The summed E-state index contributed by atoms with van der Waals surface area (Å²) in [6, 6.07) is 6.40. The Kier molecular flexibility index (Phi) is 3.89. The van der Waals surface area contributed by atoms with Crippen LogP contribution in [0.25, 0.3) is 0 Å². The van der Waals surface area contributed by atoms with Crippen LogP contribution in [-0.4, -0.2) is 32.4 Å². The van der Waals surface area contributed by atoms with Gasteiger partial charge in [0, 0.05) is 13.1 Å². The van der Waals surface area contributed by atoms with Gasteiger partial charge < -0.3 is 14.4 Å². The molecule has 2 rings (SSSR count). The van der Waals surface area contributed by atoms with E-state index < -0.39 is 0 Å². The highest BCUT2D eigenvalue weighted by molar-refractivity contribution is 5.60. The average molecular weight is 235 g/mol. The van der Waals surface area contributed by atoms with Crippen molar-refractivity contribution in [3.05, 3.63) is 23.8 Å². The number of rotatable bonds is 3. The molecule has 3 nitrogen and oxygen atoms in total. The van der Waals surface area contributed by atoms with E-state index in [0.717, 1.165) is 32.1 Å². The maximum atomic E-state index is 5.90. The maximum absolute atomic E-state index is 5.90. The fraction of sp³-hybridized carbons (Fsp3) is 0.571. The van der Waals surface area contributed by atoms with Crippen molar-refractivity contribution in [1.82, 2.24) is 0 Å². The molecule has 1 saturated heterocycles. The van der Waals surface area contributed by atoms with E-state index in [1.165, 1.54) is 11.3 Å². The molecule has 0 radical (unpaired) electrons. The van der Waals surface area contributed by atoms with E-state index >= 15 is 0 Å². The third kappa shape index (κ3) is 3.13. The van der Waals surface area contributed by atoms with Crippen LogP contribution in [-0.2, 0) is 4.74 Å². The second-order valence-corrected chi connectivity index (χ2v) is 4.74. The summed E-state index contributed by atoms with van der Waals surface area (Å²) in [5.74, 6) is 0.988. The zero-order valence-electron chi connectivity index (χ0n) is 10.9. The van der Waals surface area contributed by atoms with Crippen LogP contribution < -0.4 is 9.64 Å². The van der Waals surface area contributed by atoms with Gasteiger partial charge in [-0.25, -0.2) is 0 Å². The van der Waals surface area contributed by atoms with Gasteiger partial charge in [-0.2, -0.15) is 0 Å². The van der Waals surface area contributed by atoms with Gasteiger partial charge in [-0.15, -0.1) is 0 Å². The van der Waals surface area contributed by atoms with Crippen LogP contribution in [0.5, 0.6) is 5.75 Å². The lowest BCUT2D eigenvalue weighted by atomic mass is 10.2. The molecule has 1 aliphatic rings. The molecule has 3 heteroatoms. The van der Waals surface area contributed by atoms with Gasteiger partial charge in [0.2, 0.25) is 0 Å². The van der Waals surface area contributed by atoms with E-state index in [-0.39, 0.29) is 6.10 Å². The number of morpholine rings is 1. The van der Waals surface area contributed by atoms with E-state index in [0.29, 0.717) is 0 Å². The van der Waals surface area contributed by atoms with Gasteiger partial charge in [0.25, 0.3) is 0 Å². The van der Waals surface area contributed by atoms with Crippen molar-refractivity contribution in [2.24, 2.45) is 0 Å². The molecule has 0 aliphatic carbocycles. The van der Waals surface area contributed by atoms with Gasteiger partial charge in [0.05, 0.1) is 25.0 Å². The Morgan fingerprint density at radius 3 is 2.59 bits per heavy atom. The van der Waals surface area contributed by atoms with Crippen molar-refractivity contribution in [2.75, 3.05) is 31.2 Å². The fourth-order valence-electron chi connectivity index (χ4n) is 2.04. The van der Waals surface area contributed by atoms with Crippen molar-refractivity contribution < 1.29 is 9.47 Å². The number of hydrogen-bond acceptors (Lipinski definition) is 3. The zero-order valence-corrected chi connectivity index (χ0v) is 10.9. The summed E-state index contributed by atoms with van der Waals surface area (Å²) in [6.45, 7) is 9.70. The molecule has 0 saturated carbocycles. The van der Waals surface area contributed by atoms with Gasteiger partial charge in [-0.05, 0) is 38.5 Å². The molecule has 0 amide bonds. The number of ether oxygens (including phenoxy) is 2. The molecule has 0 N–H and O–H groups in total. The molecule has 0 atom stereocenters. The molecule has 0 unspecified atom stereocenters. The number of nitrogens with zero attached hydrogens (tertiary/aromatic N) is 1. The predicted octanol–water partition coefficient (Wildman–Crippen LogP) is 2.62. The second-order valence-electron chi connectivity index (χ2n) is 4.74. The molecule has 1 aliphatic heterocycles. The van der Waals surface area contributed by atoms with Gasteiger partial charge >= 0.3 is 0 Å². The highest BCUT2D eigenvalue weighted by Crippen LogP contribution is 2.30. The van der Waals surface area contributed by atoms with E-state index in [9.17, 15) is 0 Å². The van der Waals surface area contributed by atoms with Crippen LogP contribution in [0.1, 0.15) is 19.4 Å². The summed E-state index contributed by atoms with van der Waals surface area (Å²) >= 11 is 0. The monoisotopic (exact) mass is 235 g/mol.